The maximum atomic E-state index is 14.5. The number of methoxy groups -OCH3 is 1. The van der Waals surface area contributed by atoms with Crippen molar-refractivity contribution >= 4 is 11.7 Å². The van der Waals surface area contributed by atoms with Gasteiger partial charge in [0.1, 0.15) is 17.2 Å². The summed E-state index contributed by atoms with van der Waals surface area (Å²) in [5.74, 6) is -2.86. The lowest BCUT2D eigenvalue weighted by molar-refractivity contribution is -0.280. The second kappa shape index (κ2) is 8.47. The molecule has 0 radical (unpaired) electrons. The van der Waals surface area contributed by atoms with E-state index in [-0.39, 0.29) is 28.3 Å². The lowest BCUT2D eigenvalue weighted by Gasteiger charge is -2.48. The highest BCUT2D eigenvalue weighted by molar-refractivity contribution is 5.98. The van der Waals surface area contributed by atoms with Crippen LogP contribution in [-0.2, 0) is 5.41 Å². The van der Waals surface area contributed by atoms with Crippen LogP contribution in [0.4, 0.5) is 27.8 Å². The van der Waals surface area contributed by atoms with E-state index in [0.717, 1.165) is 35.1 Å². The summed E-state index contributed by atoms with van der Waals surface area (Å²) in [5, 5.41) is 17.2. The number of fused-ring (bicyclic) bond motifs is 1. The Bertz CT molecular complexity index is 1320. The van der Waals surface area contributed by atoms with Crippen LogP contribution in [-0.4, -0.2) is 39.7 Å². The van der Waals surface area contributed by atoms with Gasteiger partial charge in [0.2, 0.25) is 0 Å². The molecule has 4 rings (SSSR count). The van der Waals surface area contributed by atoms with Crippen molar-refractivity contribution in [1.82, 2.24) is 15.1 Å². The zero-order valence-electron chi connectivity index (χ0n) is 19.5. The summed E-state index contributed by atoms with van der Waals surface area (Å²) in [6.07, 6.45) is -5.00. The van der Waals surface area contributed by atoms with Gasteiger partial charge in [0.05, 0.1) is 25.0 Å². The number of carbonyl (C=O) groups excluding carboxylic acids is 1. The molecule has 0 bridgehead atoms. The third-order valence-corrected chi connectivity index (χ3v) is 6.41. The number of hydrogen-bond donors (Lipinski definition) is 3. The molecule has 2 atom stereocenters. The predicted octanol–water partition coefficient (Wildman–Crippen LogP) is 4.19. The number of nitrogen functional groups attached to an aromatic ring is 1. The number of benzene rings is 2. The zero-order chi connectivity index (χ0) is 26.6. The zero-order valence-corrected chi connectivity index (χ0v) is 19.5. The summed E-state index contributed by atoms with van der Waals surface area (Å²) in [6.45, 7) is 2.85. The van der Waals surface area contributed by atoms with Gasteiger partial charge in [0.25, 0.3) is 5.91 Å². The van der Waals surface area contributed by atoms with Crippen LogP contribution in [0.3, 0.4) is 0 Å². The number of aromatic nitrogens is 2. The molecule has 0 aliphatic heterocycles. The number of nitrogens with zero attached hydrogens (tertiary/aromatic N) is 2. The van der Waals surface area contributed by atoms with Crippen molar-refractivity contribution in [2.45, 2.75) is 43.5 Å². The number of amides is 1. The van der Waals surface area contributed by atoms with E-state index in [1.165, 1.54) is 33.1 Å². The lowest BCUT2D eigenvalue weighted by atomic mass is 9.63. The Labute approximate surface area is 202 Å². The Kier molecular flexibility index (Phi) is 5.98. The molecule has 36 heavy (non-hydrogen) atoms. The molecule has 192 valence electrons. The largest absolute Gasteiger partial charge is 0.493 e. The number of hydrogen-bond acceptors (Lipinski definition) is 5. The van der Waals surface area contributed by atoms with Crippen LogP contribution >= 0.6 is 0 Å². The van der Waals surface area contributed by atoms with E-state index in [1.54, 1.807) is 0 Å². The molecule has 1 aromatic heterocycles. The molecule has 0 saturated heterocycles. The fourth-order valence-electron chi connectivity index (χ4n) is 4.82. The SMILES string of the molecule is COc1c(F)ccc2c1C(C)(C)C[C@](O)(C(F)(F)F)[C@@H]2NC(=O)c1cnn(-c2ccc(F)cc2)c1N. The molecular weight excluding hydrogens is 487 g/mol. The van der Waals surface area contributed by atoms with E-state index in [4.69, 9.17) is 10.5 Å². The number of rotatable bonds is 4. The van der Waals surface area contributed by atoms with Gasteiger partial charge in [-0.1, -0.05) is 19.9 Å². The molecule has 1 amide bonds. The molecule has 1 aliphatic rings. The summed E-state index contributed by atoms with van der Waals surface area (Å²) in [6, 6.07) is 4.97. The molecule has 1 heterocycles. The molecule has 0 unspecified atom stereocenters. The standard InChI is InChI=1S/C24H23F5N4O3/c1-22(2)11-23(35,24(27,28)29)19(14-8-9-16(26)18(36-3)17(14)22)32-21(34)15-10-31-33(20(15)30)13-6-4-12(25)5-7-13/h4-10,19,35H,11,30H2,1-3H3,(H,32,34)/t19-,23-/m1/s1. The van der Waals surface area contributed by atoms with Crippen molar-refractivity contribution in [3.63, 3.8) is 0 Å². The second-order valence-corrected chi connectivity index (χ2v) is 9.27. The van der Waals surface area contributed by atoms with E-state index < -0.39 is 47.2 Å². The Morgan fingerprint density at radius 2 is 1.83 bits per heavy atom. The summed E-state index contributed by atoms with van der Waals surface area (Å²) in [5.41, 5.74) is 1.24. The quantitative estimate of drug-likeness (QED) is 0.457. The normalized spacial score (nSPS) is 21.1. The molecule has 0 fully saturated rings. The third-order valence-electron chi connectivity index (χ3n) is 6.41. The monoisotopic (exact) mass is 510 g/mol. The van der Waals surface area contributed by atoms with Crippen LogP contribution in [0.25, 0.3) is 5.69 Å². The van der Waals surface area contributed by atoms with Gasteiger partial charge in [-0.25, -0.2) is 13.5 Å². The maximum Gasteiger partial charge on any atom is 0.419 e. The number of ether oxygens (including phenoxy) is 1. The Balaban J connectivity index is 1.81. The van der Waals surface area contributed by atoms with Crippen LogP contribution in [0, 0.1) is 11.6 Å². The molecule has 2 aromatic carbocycles. The van der Waals surface area contributed by atoms with Crippen molar-refractivity contribution in [3.05, 3.63) is 70.9 Å². The van der Waals surface area contributed by atoms with Gasteiger partial charge >= 0.3 is 6.18 Å². The van der Waals surface area contributed by atoms with Crippen LogP contribution in [0.5, 0.6) is 5.75 Å². The number of aliphatic hydroxyl groups is 1. The van der Waals surface area contributed by atoms with Crippen molar-refractivity contribution < 1.29 is 36.6 Å². The first-order valence-electron chi connectivity index (χ1n) is 10.8. The highest BCUT2D eigenvalue weighted by Gasteiger charge is 2.64. The van der Waals surface area contributed by atoms with E-state index >= 15 is 0 Å². The van der Waals surface area contributed by atoms with Crippen molar-refractivity contribution in [1.29, 1.82) is 0 Å². The summed E-state index contributed by atoms with van der Waals surface area (Å²) in [7, 11) is 1.18. The molecule has 12 heteroatoms. The van der Waals surface area contributed by atoms with Gasteiger partial charge in [-0.05, 0) is 47.7 Å². The van der Waals surface area contributed by atoms with Crippen LogP contribution in [0.1, 0.15) is 47.8 Å². The van der Waals surface area contributed by atoms with E-state index in [2.05, 4.69) is 10.4 Å². The van der Waals surface area contributed by atoms with Crippen LogP contribution in [0.15, 0.2) is 42.6 Å². The average molecular weight is 510 g/mol. The summed E-state index contributed by atoms with van der Waals surface area (Å²) >= 11 is 0. The first kappa shape index (κ1) is 25.4. The number of nitrogens with one attached hydrogen (secondary N) is 1. The molecule has 1 aliphatic carbocycles. The van der Waals surface area contributed by atoms with Gasteiger partial charge in [0.15, 0.2) is 17.2 Å². The highest BCUT2D eigenvalue weighted by Crippen LogP contribution is 2.55. The highest BCUT2D eigenvalue weighted by atomic mass is 19.4. The van der Waals surface area contributed by atoms with Gasteiger partial charge in [-0.3, -0.25) is 4.79 Å². The molecule has 0 saturated carbocycles. The minimum Gasteiger partial charge on any atom is -0.493 e. The molecular formula is C24H23F5N4O3. The van der Waals surface area contributed by atoms with Crippen molar-refractivity contribution in [2.75, 3.05) is 12.8 Å². The number of carbonyl (C=O) groups is 1. The third kappa shape index (κ3) is 3.94. The van der Waals surface area contributed by atoms with Crippen molar-refractivity contribution in [2.24, 2.45) is 0 Å². The summed E-state index contributed by atoms with van der Waals surface area (Å²) < 4.78 is 76.9. The van der Waals surface area contributed by atoms with Gasteiger partial charge < -0.3 is 20.9 Å². The van der Waals surface area contributed by atoms with Crippen molar-refractivity contribution in [3.8, 4) is 11.4 Å². The Morgan fingerprint density at radius 1 is 1.19 bits per heavy atom. The minimum absolute atomic E-state index is 0.0965. The molecule has 7 nitrogen and oxygen atoms in total. The maximum absolute atomic E-state index is 14.5. The van der Waals surface area contributed by atoms with E-state index in [9.17, 15) is 31.9 Å². The predicted molar refractivity (Wildman–Crippen MR) is 120 cm³/mol. The Hall–Kier alpha value is -3.67. The van der Waals surface area contributed by atoms with E-state index in [1.807, 2.05) is 0 Å². The van der Waals surface area contributed by atoms with Gasteiger partial charge in [-0.15, -0.1) is 0 Å². The smallest absolute Gasteiger partial charge is 0.419 e. The Morgan fingerprint density at radius 3 is 2.42 bits per heavy atom. The van der Waals surface area contributed by atoms with Gasteiger partial charge in [-0.2, -0.15) is 18.3 Å². The minimum atomic E-state index is -5.16. The first-order valence-corrected chi connectivity index (χ1v) is 10.8. The number of nitrogens with two attached hydrogens (primary N) is 1. The molecule has 3 aromatic rings. The summed E-state index contributed by atoms with van der Waals surface area (Å²) in [4.78, 5) is 13.2. The fourth-order valence-corrected chi connectivity index (χ4v) is 4.82. The first-order chi connectivity index (χ1) is 16.7. The number of anilines is 1. The number of halogens is 5. The fraction of sp³-hybridized carbons (Fsp3) is 0.333. The van der Waals surface area contributed by atoms with E-state index in [0.29, 0.717) is 5.69 Å². The van der Waals surface area contributed by atoms with Crippen LogP contribution in [0.2, 0.25) is 0 Å². The second-order valence-electron chi connectivity index (χ2n) is 9.27. The van der Waals surface area contributed by atoms with Crippen LogP contribution < -0.4 is 15.8 Å². The van der Waals surface area contributed by atoms with Gasteiger partial charge in [0, 0.05) is 5.56 Å². The lowest BCUT2D eigenvalue weighted by Crippen LogP contribution is -2.60. The molecule has 4 N–H and O–H groups in total. The molecule has 0 spiro atoms. The average Bonchev–Trinajstić information content (AvgIpc) is 3.17. The topological polar surface area (TPSA) is 102 Å². The number of alkyl halides is 3.